The van der Waals surface area contributed by atoms with Crippen molar-refractivity contribution in [1.82, 2.24) is 5.32 Å². The summed E-state index contributed by atoms with van der Waals surface area (Å²) in [6.45, 7) is -0.108. The molecule has 4 N–H and O–H groups in total. The molecule has 0 heterocycles. The first-order chi connectivity index (χ1) is 8.82. The number of oxime groups is 1. The molecule has 1 rings (SSSR count). The van der Waals surface area contributed by atoms with Crippen LogP contribution in [0.2, 0.25) is 0 Å². The number of hydrogen-bond donors (Lipinski definition) is 3. The van der Waals surface area contributed by atoms with Crippen LogP contribution in [0.5, 0.6) is 0 Å². The highest BCUT2D eigenvalue weighted by molar-refractivity contribution is 8.00. The van der Waals surface area contributed by atoms with E-state index in [1.807, 2.05) is 0 Å². The van der Waals surface area contributed by atoms with Crippen LogP contribution >= 0.6 is 11.8 Å². The Morgan fingerprint density at radius 2 is 2.00 bits per heavy atom. The first-order valence-electron chi connectivity index (χ1n) is 5.79. The van der Waals surface area contributed by atoms with E-state index in [0.29, 0.717) is 12.8 Å². The topological polar surface area (TPSA) is 87.7 Å². The Bertz CT molecular complexity index is 354. The molecule has 0 aromatic carbocycles. The SMILES string of the molecule is NC(=NO)C1(C(=O)NCCSC(F)(F)F)CCCC1. The van der Waals surface area contributed by atoms with Gasteiger partial charge in [-0.05, 0) is 24.6 Å². The maximum atomic E-state index is 12.0. The van der Waals surface area contributed by atoms with Gasteiger partial charge in [-0.2, -0.15) is 13.2 Å². The van der Waals surface area contributed by atoms with Crippen LogP contribution in [0.15, 0.2) is 5.16 Å². The van der Waals surface area contributed by atoms with E-state index < -0.39 is 16.8 Å². The van der Waals surface area contributed by atoms with E-state index in [1.165, 1.54) is 0 Å². The number of carbonyl (C=O) groups is 1. The van der Waals surface area contributed by atoms with Crippen LogP contribution in [0.1, 0.15) is 25.7 Å². The van der Waals surface area contributed by atoms with E-state index >= 15 is 0 Å². The van der Waals surface area contributed by atoms with Gasteiger partial charge in [0.2, 0.25) is 5.91 Å². The molecule has 0 radical (unpaired) electrons. The lowest BCUT2D eigenvalue weighted by Gasteiger charge is -2.25. The molecule has 0 atom stereocenters. The molecular weight excluding hydrogens is 283 g/mol. The Hall–Kier alpha value is -1.12. The molecular formula is C10H16F3N3O2S. The summed E-state index contributed by atoms with van der Waals surface area (Å²) in [4.78, 5) is 12.0. The number of carbonyl (C=O) groups excluding carboxylic acids is 1. The molecule has 1 aliphatic carbocycles. The van der Waals surface area contributed by atoms with Gasteiger partial charge >= 0.3 is 5.51 Å². The Morgan fingerprint density at radius 1 is 1.42 bits per heavy atom. The number of nitrogens with zero attached hydrogens (tertiary/aromatic N) is 1. The van der Waals surface area contributed by atoms with E-state index in [1.54, 1.807) is 0 Å². The zero-order valence-electron chi connectivity index (χ0n) is 10.2. The standard InChI is InChI=1S/C10H16F3N3O2S/c11-10(12,13)19-6-5-15-8(17)9(7(14)16-18)3-1-2-4-9/h18H,1-6H2,(H2,14,16)(H,15,17). The fraction of sp³-hybridized carbons (Fsp3) is 0.800. The number of halogens is 3. The van der Waals surface area contributed by atoms with Gasteiger partial charge in [-0.25, -0.2) is 0 Å². The van der Waals surface area contributed by atoms with E-state index in [-0.39, 0.29) is 29.9 Å². The van der Waals surface area contributed by atoms with Crippen LogP contribution in [0.3, 0.4) is 0 Å². The fourth-order valence-corrected chi connectivity index (χ4v) is 2.61. The number of amides is 1. The first-order valence-corrected chi connectivity index (χ1v) is 6.77. The van der Waals surface area contributed by atoms with Crippen molar-refractivity contribution < 1.29 is 23.2 Å². The minimum Gasteiger partial charge on any atom is -0.409 e. The molecule has 19 heavy (non-hydrogen) atoms. The number of nitrogens with one attached hydrogen (secondary N) is 1. The third-order valence-corrected chi connectivity index (χ3v) is 3.88. The zero-order valence-corrected chi connectivity index (χ0v) is 11.0. The molecule has 0 saturated heterocycles. The second-order valence-corrected chi connectivity index (χ2v) is 5.48. The molecule has 9 heteroatoms. The van der Waals surface area contributed by atoms with Crippen molar-refractivity contribution >= 4 is 23.5 Å². The van der Waals surface area contributed by atoms with E-state index in [2.05, 4.69) is 10.5 Å². The summed E-state index contributed by atoms with van der Waals surface area (Å²) in [6, 6.07) is 0. The highest BCUT2D eigenvalue weighted by Crippen LogP contribution is 2.38. The Balaban J connectivity index is 2.51. The maximum absolute atomic E-state index is 12.0. The number of amidine groups is 1. The summed E-state index contributed by atoms with van der Waals surface area (Å²) < 4.78 is 35.8. The Kier molecular flexibility index (Phi) is 5.33. The Morgan fingerprint density at radius 3 is 2.47 bits per heavy atom. The maximum Gasteiger partial charge on any atom is 0.441 e. The predicted octanol–water partition coefficient (Wildman–Crippen LogP) is 1.66. The second kappa shape index (κ2) is 6.36. The second-order valence-electron chi connectivity index (χ2n) is 4.32. The fourth-order valence-electron chi connectivity index (χ4n) is 2.17. The molecule has 0 unspecified atom stereocenters. The quantitative estimate of drug-likeness (QED) is 0.237. The van der Waals surface area contributed by atoms with Gasteiger partial charge in [-0.3, -0.25) is 4.79 Å². The predicted molar refractivity (Wildman–Crippen MR) is 65.8 cm³/mol. The van der Waals surface area contributed by atoms with Crippen LogP contribution < -0.4 is 11.1 Å². The van der Waals surface area contributed by atoms with Crippen molar-refractivity contribution in [2.75, 3.05) is 12.3 Å². The van der Waals surface area contributed by atoms with Gasteiger partial charge in [0.25, 0.3) is 0 Å². The molecule has 0 spiro atoms. The van der Waals surface area contributed by atoms with Crippen LogP contribution in [0, 0.1) is 5.41 Å². The summed E-state index contributed by atoms with van der Waals surface area (Å²) in [5, 5.41) is 14.0. The average molecular weight is 299 g/mol. The summed E-state index contributed by atoms with van der Waals surface area (Å²) in [5.74, 6) is -0.907. The molecule has 110 valence electrons. The van der Waals surface area contributed by atoms with Gasteiger partial charge in [0.05, 0.1) is 0 Å². The average Bonchev–Trinajstić information content (AvgIpc) is 2.82. The summed E-state index contributed by atoms with van der Waals surface area (Å²) in [5.41, 5.74) is 0.166. The van der Waals surface area contributed by atoms with Gasteiger partial charge in [-0.1, -0.05) is 18.0 Å². The largest absolute Gasteiger partial charge is 0.441 e. The number of nitrogens with two attached hydrogens (primary N) is 1. The number of thioether (sulfide) groups is 1. The number of rotatable bonds is 5. The van der Waals surface area contributed by atoms with Gasteiger partial charge in [0.1, 0.15) is 5.41 Å². The van der Waals surface area contributed by atoms with Gasteiger partial charge < -0.3 is 16.3 Å². The van der Waals surface area contributed by atoms with Crippen LogP contribution in [0.25, 0.3) is 0 Å². The van der Waals surface area contributed by atoms with Crippen molar-refractivity contribution in [2.24, 2.45) is 16.3 Å². The first kappa shape index (κ1) is 15.9. The van der Waals surface area contributed by atoms with Crippen molar-refractivity contribution in [1.29, 1.82) is 0 Å². The minimum absolute atomic E-state index is 0.108. The summed E-state index contributed by atoms with van der Waals surface area (Å²) in [6.07, 6.45) is 2.42. The van der Waals surface area contributed by atoms with E-state index in [0.717, 1.165) is 12.8 Å². The van der Waals surface area contributed by atoms with Gasteiger partial charge in [0, 0.05) is 12.3 Å². The highest BCUT2D eigenvalue weighted by atomic mass is 32.2. The van der Waals surface area contributed by atoms with Crippen molar-refractivity contribution in [3.05, 3.63) is 0 Å². The molecule has 0 aliphatic heterocycles. The molecule has 5 nitrogen and oxygen atoms in total. The molecule has 1 fully saturated rings. The third-order valence-electron chi connectivity index (χ3n) is 3.14. The monoisotopic (exact) mass is 299 g/mol. The summed E-state index contributed by atoms with van der Waals surface area (Å²) >= 11 is -0.194. The molecule has 1 aliphatic rings. The highest BCUT2D eigenvalue weighted by Gasteiger charge is 2.45. The van der Waals surface area contributed by atoms with Crippen molar-refractivity contribution in [3.63, 3.8) is 0 Å². The third kappa shape index (κ3) is 4.19. The molecule has 0 aromatic heterocycles. The lowest BCUT2D eigenvalue weighted by molar-refractivity contribution is -0.127. The van der Waals surface area contributed by atoms with Crippen LogP contribution in [-0.4, -0.2) is 34.8 Å². The molecule has 1 saturated carbocycles. The lowest BCUT2D eigenvalue weighted by atomic mass is 9.84. The smallest absolute Gasteiger partial charge is 0.409 e. The Labute approximate surface area is 112 Å². The van der Waals surface area contributed by atoms with Gasteiger partial charge in [-0.15, -0.1) is 0 Å². The van der Waals surface area contributed by atoms with Crippen molar-refractivity contribution in [3.8, 4) is 0 Å². The minimum atomic E-state index is -4.30. The molecule has 0 aromatic rings. The van der Waals surface area contributed by atoms with Crippen molar-refractivity contribution in [2.45, 2.75) is 31.2 Å². The molecule has 1 amide bonds. The van der Waals surface area contributed by atoms with Crippen LogP contribution in [-0.2, 0) is 4.79 Å². The van der Waals surface area contributed by atoms with Gasteiger partial charge in [0.15, 0.2) is 5.84 Å². The van der Waals surface area contributed by atoms with E-state index in [4.69, 9.17) is 10.9 Å². The number of alkyl halides is 3. The number of hydrogen-bond acceptors (Lipinski definition) is 4. The normalized spacial score (nSPS) is 19.4. The summed E-state index contributed by atoms with van der Waals surface area (Å²) in [7, 11) is 0. The van der Waals surface area contributed by atoms with E-state index in [9.17, 15) is 18.0 Å². The molecule has 0 bridgehead atoms. The lowest BCUT2D eigenvalue weighted by Crippen LogP contribution is -2.48. The van der Waals surface area contributed by atoms with Crippen LogP contribution in [0.4, 0.5) is 13.2 Å². The zero-order chi connectivity index (χ0) is 14.5.